The van der Waals surface area contributed by atoms with Gasteiger partial charge in [-0.05, 0) is 35.4 Å². The van der Waals surface area contributed by atoms with Crippen LogP contribution in [-0.2, 0) is 5.60 Å². The molecule has 0 aliphatic rings. The van der Waals surface area contributed by atoms with Crippen molar-refractivity contribution in [3.8, 4) is 11.5 Å². The molecule has 0 saturated carbocycles. The number of aliphatic hydroxyl groups is 2. The molecule has 0 fully saturated rings. The topological polar surface area (TPSA) is 58.9 Å². The van der Waals surface area contributed by atoms with E-state index in [1.165, 1.54) is 0 Å². The summed E-state index contributed by atoms with van der Waals surface area (Å²) in [7, 11) is 3.19. The van der Waals surface area contributed by atoms with Crippen molar-refractivity contribution in [1.29, 1.82) is 0 Å². The minimum atomic E-state index is -1.24. The van der Waals surface area contributed by atoms with Crippen LogP contribution in [-0.4, -0.2) is 31.0 Å². The second-order valence-electron chi connectivity index (χ2n) is 4.79. The van der Waals surface area contributed by atoms with E-state index in [9.17, 15) is 10.2 Å². The van der Waals surface area contributed by atoms with Crippen LogP contribution in [0.2, 0.25) is 0 Å². The molecule has 0 radical (unpaired) electrons. The van der Waals surface area contributed by atoms with Gasteiger partial charge in [-0.2, -0.15) is 0 Å². The summed E-state index contributed by atoms with van der Waals surface area (Å²) in [5.41, 5.74) is 0.179. The Labute approximate surface area is 124 Å². The van der Waals surface area contributed by atoms with Gasteiger partial charge in [-0.3, -0.25) is 0 Å². The van der Waals surface area contributed by atoms with Gasteiger partial charge >= 0.3 is 0 Å². The van der Waals surface area contributed by atoms with Gasteiger partial charge in [-0.25, -0.2) is 0 Å². The maximum absolute atomic E-state index is 11.0. The maximum Gasteiger partial charge on any atom is 0.118 e. The van der Waals surface area contributed by atoms with Crippen LogP contribution in [0.1, 0.15) is 17.5 Å². The van der Waals surface area contributed by atoms with E-state index >= 15 is 0 Å². The molecule has 112 valence electrons. The normalized spacial score (nSPS) is 11.2. The fourth-order valence-corrected chi connectivity index (χ4v) is 2.35. The van der Waals surface area contributed by atoms with Crippen molar-refractivity contribution in [3.63, 3.8) is 0 Å². The van der Waals surface area contributed by atoms with Gasteiger partial charge in [-0.1, -0.05) is 24.3 Å². The summed E-state index contributed by atoms with van der Waals surface area (Å²) >= 11 is 0. The lowest BCUT2D eigenvalue weighted by Crippen LogP contribution is -2.28. The standard InChI is InChI=1S/C17H20O4/c1-20-15-7-3-13(4-8-15)17(19,11-12-18)14-5-9-16(21-2)10-6-14/h3-10,18-19H,11-12H2,1-2H3. The van der Waals surface area contributed by atoms with Gasteiger partial charge in [0.15, 0.2) is 0 Å². The summed E-state index contributed by atoms with van der Waals surface area (Å²) < 4.78 is 10.3. The number of aliphatic hydroxyl groups excluding tert-OH is 1. The van der Waals surface area contributed by atoms with Crippen molar-refractivity contribution in [2.75, 3.05) is 20.8 Å². The van der Waals surface area contributed by atoms with Crippen molar-refractivity contribution in [2.24, 2.45) is 0 Å². The zero-order valence-electron chi connectivity index (χ0n) is 12.2. The second-order valence-corrected chi connectivity index (χ2v) is 4.79. The molecule has 0 bridgehead atoms. The summed E-state index contributed by atoms with van der Waals surface area (Å²) in [5, 5.41) is 20.4. The molecule has 0 aliphatic carbocycles. The van der Waals surface area contributed by atoms with Crippen molar-refractivity contribution in [3.05, 3.63) is 59.7 Å². The van der Waals surface area contributed by atoms with Gasteiger partial charge < -0.3 is 19.7 Å². The first-order valence-electron chi connectivity index (χ1n) is 6.76. The van der Waals surface area contributed by atoms with Crippen LogP contribution >= 0.6 is 0 Å². The molecule has 4 nitrogen and oxygen atoms in total. The lowest BCUT2D eigenvalue weighted by Gasteiger charge is -2.29. The molecule has 0 amide bonds. The highest BCUT2D eigenvalue weighted by molar-refractivity contribution is 5.40. The Morgan fingerprint density at radius 3 is 1.48 bits per heavy atom. The van der Waals surface area contributed by atoms with Crippen LogP contribution in [0.15, 0.2) is 48.5 Å². The number of hydrogen-bond acceptors (Lipinski definition) is 4. The third-order valence-corrected chi connectivity index (χ3v) is 3.61. The van der Waals surface area contributed by atoms with E-state index in [0.717, 1.165) is 11.5 Å². The molecule has 0 saturated heterocycles. The summed E-state index contributed by atoms with van der Waals surface area (Å²) in [5.74, 6) is 1.44. The van der Waals surface area contributed by atoms with E-state index in [-0.39, 0.29) is 13.0 Å². The van der Waals surface area contributed by atoms with Crippen LogP contribution in [0.5, 0.6) is 11.5 Å². The van der Waals surface area contributed by atoms with E-state index < -0.39 is 5.60 Å². The first-order valence-corrected chi connectivity index (χ1v) is 6.76. The Morgan fingerprint density at radius 2 is 1.19 bits per heavy atom. The summed E-state index contributed by atoms with van der Waals surface area (Å²) in [4.78, 5) is 0. The molecule has 4 heteroatoms. The van der Waals surface area contributed by atoms with Gasteiger partial charge in [0, 0.05) is 13.0 Å². The van der Waals surface area contributed by atoms with Crippen LogP contribution in [0.4, 0.5) is 0 Å². The smallest absolute Gasteiger partial charge is 0.118 e. The molecule has 2 rings (SSSR count). The molecule has 0 heterocycles. The van der Waals surface area contributed by atoms with Crippen LogP contribution < -0.4 is 9.47 Å². The van der Waals surface area contributed by atoms with Gasteiger partial charge in [-0.15, -0.1) is 0 Å². The average molecular weight is 288 g/mol. The number of rotatable bonds is 6. The van der Waals surface area contributed by atoms with E-state index in [4.69, 9.17) is 9.47 Å². The van der Waals surface area contributed by atoms with Crippen LogP contribution in [0.3, 0.4) is 0 Å². The molecule has 0 atom stereocenters. The van der Waals surface area contributed by atoms with Gasteiger partial charge in [0.25, 0.3) is 0 Å². The highest BCUT2D eigenvalue weighted by Crippen LogP contribution is 2.34. The number of hydrogen-bond donors (Lipinski definition) is 2. The first-order chi connectivity index (χ1) is 10.1. The fourth-order valence-electron chi connectivity index (χ4n) is 2.35. The van der Waals surface area contributed by atoms with Gasteiger partial charge in [0.1, 0.15) is 17.1 Å². The Kier molecular flexibility index (Phi) is 4.83. The third kappa shape index (κ3) is 3.17. The Hall–Kier alpha value is -2.04. The molecule has 2 N–H and O–H groups in total. The molecule has 2 aromatic rings. The molecule has 21 heavy (non-hydrogen) atoms. The lowest BCUT2D eigenvalue weighted by molar-refractivity contribution is 0.0509. The molecular weight excluding hydrogens is 268 g/mol. The van der Waals surface area contributed by atoms with Gasteiger partial charge in [0.2, 0.25) is 0 Å². The number of benzene rings is 2. The maximum atomic E-state index is 11.0. The van der Waals surface area contributed by atoms with E-state index in [1.807, 2.05) is 0 Å². The second kappa shape index (κ2) is 6.61. The molecule has 0 aromatic heterocycles. The van der Waals surface area contributed by atoms with E-state index in [2.05, 4.69) is 0 Å². The highest BCUT2D eigenvalue weighted by atomic mass is 16.5. The first kappa shape index (κ1) is 15.4. The van der Waals surface area contributed by atoms with E-state index in [1.54, 1.807) is 62.8 Å². The SMILES string of the molecule is COc1ccc(C(O)(CCO)c2ccc(OC)cc2)cc1. The van der Waals surface area contributed by atoms with Crippen molar-refractivity contribution < 1.29 is 19.7 Å². The molecule has 2 aromatic carbocycles. The fraction of sp³-hybridized carbons (Fsp3) is 0.294. The van der Waals surface area contributed by atoms with Crippen molar-refractivity contribution in [1.82, 2.24) is 0 Å². The minimum Gasteiger partial charge on any atom is -0.497 e. The molecular formula is C17H20O4. The summed E-state index contributed by atoms with van der Waals surface area (Å²) in [6.45, 7) is -0.117. The summed E-state index contributed by atoms with van der Waals surface area (Å²) in [6, 6.07) is 14.4. The largest absolute Gasteiger partial charge is 0.497 e. The Bertz CT molecular complexity index is 513. The Morgan fingerprint density at radius 1 is 0.810 bits per heavy atom. The number of methoxy groups -OCH3 is 2. The van der Waals surface area contributed by atoms with Crippen LogP contribution in [0, 0.1) is 0 Å². The van der Waals surface area contributed by atoms with Gasteiger partial charge in [0.05, 0.1) is 14.2 Å². The summed E-state index contributed by atoms with van der Waals surface area (Å²) in [6.07, 6.45) is 0.214. The minimum absolute atomic E-state index is 0.117. The third-order valence-electron chi connectivity index (χ3n) is 3.61. The molecule has 0 aliphatic heterocycles. The van der Waals surface area contributed by atoms with E-state index in [0.29, 0.717) is 11.1 Å². The Balaban J connectivity index is 2.41. The van der Waals surface area contributed by atoms with Crippen molar-refractivity contribution >= 4 is 0 Å². The lowest BCUT2D eigenvalue weighted by atomic mass is 9.84. The van der Waals surface area contributed by atoms with Crippen LogP contribution in [0.25, 0.3) is 0 Å². The molecule has 0 unspecified atom stereocenters. The highest BCUT2D eigenvalue weighted by Gasteiger charge is 2.31. The number of ether oxygens (including phenoxy) is 2. The van der Waals surface area contributed by atoms with Crippen molar-refractivity contribution in [2.45, 2.75) is 12.0 Å². The molecule has 0 spiro atoms. The quantitative estimate of drug-likeness (QED) is 0.856. The zero-order valence-corrected chi connectivity index (χ0v) is 12.2. The predicted molar refractivity (Wildman–Crippen MR) is 80.7 cm³/mol. The average Bonchev–Trinajstić information content (AvgIpc) is 2.55. The zero-order chi connectivity index (χ0) is 15.3. The predicted octanol–water partition coefficient (Wildman–Crippen LogP) is 2.32. The monoisotopic (exact) mass is 288 g/mol.